The van der Waals surface area contributed by atoms with E-state index in [4.69, 9.17) is 16.6 Å². The Bertz CT molecular complexity index is 1230. The molecule has 3 aromatic rings. The van der Waals surface area contributed by atoms with E-state index < -0.39 is 5.95 Å². The largest absolute Gasteiger partial charge is 0.352 e. The molecule has 0 aliphatic carbocycles. The summed E-state index contributed by atoms with van der Waals surface area (Å²) in [6, 6.07) is 7.54. The lowest BCUT2D eigenvalue weighted by atomic mass is 9.98. The molecule has 1 fully saturated rings. The first-order valence-electron chi connectivity index (χ1n) is 10.7. The molecule has 7 nitrogen and oxygen atoms in total. The predicted molar refractivity (Wildman–Crippen MR) is 127 cm³/mol. The van der Waals surface area contributed by atoms with Gasteiger partial charge in [0.2, 0.25) is 11.9 Å². The normalized spacial score (nSPS) is 17.2. The first-order chi connectivity index (χ1) is 16.0. The summed E-state index contributed by atoms with van der Waals surface area (Å²) in [6.07, 6.45) is 3.94. The van der Waals surface area contributed by atoms with Crippen LogP contribution >= 0.6 is 23.4 Å². The second-order valence-electron chi connectivity index (χ2n) is 8.00. The molecule has 2 amide bonds. The van der Waals surface area contributed by atoms with Crippen molar-refractivity contribution >= 4 is 35.3 Å². The minimum atomic E-state index is -0.492. The molecule has 2 N–H and O–H groups in total. The summed E-state index contributed by atoms with van der Waals surface area (Å²) < 4.78 is 13.9. The van der Waals surface area contributed by atoms with Crippen LogP contribution in [0, 0.1) is 12.9 Å². The number of carbonyl (C=O) groups is 1. The number of nitrogens with zero attached hydrogens (tertiary/aromatic N) is 4. The van der Waals surface area contributed by atoms with Gasteiger partial charge in [0.15, 0.2) is 0 Å². The summed E-state index contributed by atoms with van der Waals surface area (Å²) in [4.78, 5) is 27.3. The summed E-state index contributed by atoms with van der Waals surface area (Å²) in [5, 5.41) is 6.52. The highest BCUT2D eigenvalue weighted by Gasteiger charge is 2.30. The van der Waals surface area contributed by atoms with Crippen LogP contribution in [-0.4, -0.2) is 52.1 Å². The first kappa shape index (κ1) is 21.9. The van der Waals surface area contributed by atoms with Crippen molar-refractivity contribution in [1.29, 1.82) is 0 Å². The van der Waals surface area contributed by atoms with E-state index in [0.717, 1.165) is 33.7 Å². The molecule has 1 saturated heterocycles. The number of thioether (sulfide) groups is 1. The summed E-state index contributed by atoms with van der Waals surface area (Å²) in [5.41, 5.74) is 4.70. The molecule has 1 atom stereocenters. The first-order valence-corrected chi connectivity index (χ1v) is 12.0. The van der Waals surface area contributed by atoms with Gasteiger partial charge in [-0.15, -0.1) is 11.8 Å². The number of amides is 2. The Morgan fingerprint density at radius 3 is 3.00 bits per heavy atom. The Labute approximate surface area is 200 Å². The highest BCUT2D eigenvalue weighted by Crippen LogP contribution is 2.51. The maximum atomic E-state index is 13.9. The van der Waals surface area contributed by atoms with Crippen LogP contribution in [0.15, 0.2) is 41.6 Å². The Hall–Kier alpha value is -2.91. The fraction of sp³-hybridized carbons (Fsp3) is 0.304. The topological polar surface area (TPSA) is 83.0 Å². The molecule has 4 heterocycles. The third-order valence-corrected chi connectivity index (χ3v) is 7.49. The van der Waals surface area contributed by atoms with E-state index in [9.17, 15) is 9.18 Å². The molecule has 170 valence electrons. The number of hydrogen-bond donors (Lipinski definition) is 2. The number of fused-ring (bicyclic) bond motifs is 1. The Morgan fingerprint density at radius 2 is 2.18 bits per heavy atom. The van der Waals surface area contributed by atoms with E-state index in [0.29, 0.717) is 37.1 Å². The van der Waals surface area contributed by atoms with Crippen molar-refractivity contribution in [2.45, 2.75) is 23.5 Å². The molecule has 0 bridgehead atoms. The monoisotopic (exact) mass is 484 g/mol. The van der Waals surface area contributed by atoms with Crippen LogP contribution in [0.2, 0.25) is 5.02 Å². The van der Waals surface area contributed by atoms with Crippen LogP contribution in [0.3, 0.4) is 0 Å². The number of aryl methyl sites for hydroxylation is 1. The molecule has 33 heavy (non-hydrogen) atoms. The number of nitrogens with one attached hydrogen (secondary N) is 2. The van der Waals surface area contributed by atoms with E-state index in [1.54, 1.807) is 29.1 Å². The average molecular weight is 485 g/mol. The number of halogens is 2. The number of hydrogen-bond acceptors (Lipinski definition) is 6. The van der Waals surface area contributed by atoms with Crippen molar-refractivity contribution in [2.75, 3.05) is 31.5 Å². The fourth-order valence-corrected chi connectivity index (χ4v) is 5.87. The highest BCUT2D eigenvalue weighted by molar-refractivity contribution is 8.00. The van der Waals surface area contributed by atoms with Gasteiger partial charge in [0.25, 0.3) is 0 Å². The Morgan fingerprint density at radius 1 is 1.30 bits per heavy atom. The van der Waals surface area contributed by atoms with E-state index >= 15 is 0 Å². The summed E-state index contributed by atoms with van der Waals surface area (Å²) in [7, 11) is 0. The van der Waals surface area contributed by atoms with Crippen LogP contribution in [0.25, 0.3) is 11.1 Å². The zero-order valence-electron chi connectivity index (χ0n) is 17.9. The number of aromatic nitrogens is 3. The number of benzene rings is 1. The average Bonchev–Trinajstić information content (AvgIpc) is 3.42. The van der Waals surface area contributed by atoms with Crippen molar-refractivity contribution in [3.05, 3.63) is 64.5 Å². The highest BCUT2D eigenvalue weighted by atomic mass is 35.5. The smallest absolute Gasteiger partial charge is 0.317 e. The number of pyridine rings is 1. The maximum absolute atomic E-state index is 13.9. The number of urea groups is 1. The second kappa shape index (κ2) is 9.15. The van der Waals surface area contributed by atoms with Crippen LogP contribution in [0.4, 0.5) is 15.1 Å². The van der Waals surface area contributed by atoms with E-state index in [-0.39, 0.29) is 11.3 Å². The predicted octanol–water partition coefficient (Wildman–Crippen LogP) is 4.47. The minimum Gasteiger partial charge on any atom is -0.352 e. The SMILES string of the molecule is Cc1cnc(F)cc1-c1cccc2c1SC(c1nc(NCCN3CCNC3=O)ncc1Cl)C2. The van der Waals surface area contributed by atoms with Gasteiger partial charge in [-0.25, -0.2) is 19.7 Å². The molecule has 10 heteroatoms. The third kappa shape index (κ3) is 4.47. The van der Waals surface area contributed by atoms with Crippen molar-refractivity contribution in [1.82, 2.24) is 25.2 Å². The Kier molecular flexibility index (Phi) is 6.07. The zero-order chi connectivity index (χ0) is 22.9. The summed E-state index contributed by atoms with van der Waals surface area (Å²) >= 11 is 8.18. The van der Waals surface area contributed by atoms with Gasteiger partial charge in [-0.3, -0.25) is 0 Å². The van der Waals surface area contributed by atoms with Crippen molar-refractivity contribution in [3.8, 4) is 11.1 Å². The van der Waals surface area contributed by atoms with Crippen LogP contribution in [0.5, 0.6) is 0 Å². The lowest BCUT2D eigenvalue weighted by Crippen LogP contribution is -2.32. The van der Waals surface area contributed by atoms with Gasteiger partial charge in [-0.2, -0.15) is 4.39 Å². The lowest BCUT2D eigenvalue weighted by molar-refractivity contribution is 0.219. The quantitative estimate of drug-likeness (QED) is 0.502. The summed E-state index contributed by atoms with van der Waals surface area (Å²) in [6.45, 7) is 4.43. The fourth-order valence-electron chi connectivity index (χ4n) is 4.14. The minimum absolute atomic E-state index is 0.0218. The van der Waals surface area contributed by atoms with E-state index in [1.165, 1.54) is 11.6 Å². The van der Waals surface area contributed by atoms with E-state index in [2.05, 4.69) is 26.7 Å². The van der Waals surface area contributed by atoms with Crippen molar-refractivity contribution < 1.29 is 9.18 Å². The van der Waals surface area contributed by atoms with Gasteiger partial charge in [0.1, 0.15) is 0 Å². The molecule has 0 radical (unpaired) electrons. The molecular formula is C23H22ClFN6OS. The number of carbonyl (C=O) groups excluding carboxylic acids is 1. The Balaban J connectivity index is 1.35. The lowest BCUT2D eigenvalue weighted by Gasteiger charge is -2.15. The molecule has 1 unspecified atom stereocenters. The van der Waals surface area contributed by atoms with E-state index in [1.807, 2.05) is 19.1 Å². The molecular weight excluding hydrogens is 463 g/mol. The summed E-state index contributed by atoms with van der Waals surface area (Å²) in [5.74, 6) is -0.00782. The van der Waals surface area contributed by atoms with Gasteiger partial charge in [-0.1, -0.05) is 29.8 Å². The van der Waals surface area contributed by atoms with Gasteiger partial charge in [0.05, 0.1) is 22.2 Å². The van der Waals surface area contributed by atoms with Crippen LogP contribution in [0.1, 0.15) is 22.1 Å². The molecule has 2 aliphatic heterocycles. The zero-order valence-corrected chi connectivity index (χ0v) is 19.5. The maximum Gasteiger partial charge on any atom is 0.317 e. The molecule has 0 saturated carbocycles. The molecule has 2 aliphatic rings. The van der Waals surface area contributed by atoms with Crippen LogP contribution < -0.4 is 10.6 Å². The van der Waals surface area contributed by atoms with Gasteiger partial charge < -0.3 is 15.5 Å². The number of rotatable bonds is 6. The molecule has 1 aromatic carbocycles. The second-order valence-corrected chi connectivity index (χ2v) is 9.62. The van der Waals surface area contributed by atoms with Gasteiger partial charge >= 0.3 is 6.03 Å². The van der Waals surface area contributed by atoms with Gasteiger partial charge in [0, 0.05) is 43.3 Å². The third-order valence-electron chi connectivity index (χ3n) is 5.81. The van der Waals surface area contributed by atoms with Gasteiger partial charge in [-0.05, 0) is 35.6 Å². The van der Waals surface area contributed by atoms with Crippen molar-refractivity contribution in [3.63, 3.8) is 0 Å². The van der Waals surface area contributed by atoms with Crippen molar-refractivity contribution in [2.24, 2.45) is 0 Å². The molecule has 0 spiro atoms. The standard InChI is InChI=1S/C23H22ClFN6OS/c1-13-11-28-19(25)10-16(13)15-4-2-3-14-9-18(33-21(14)15)20-17(24)12-29-22(30-20)26-5-7-31-8-6-27-23(31)32/h2-4,10-12,18H,5-9H2,1H3,(H,27,32)(H,26,29,30). The number of anilines is 1. The van der Waals surface area contributed by atoms with Crippen LogP contribution in [-0.2, 0) is 6.42 Å². The molecule has 2 aromatic heterocycles. The molecule has 5 rings (SSSR count).